The fourth-order valence-electron chi connectivity index (χ4n) is 1.38. The van der Waals surface area contributed by atoms with E-state index in [2.05, 4.69) is 22.0 Å². The van der Waals surface area contributed by atoms with E-state index in [0.29, 0.717) is 6.42 Å². The minimum absolute atomic E-state index is 0.00215. The maximum Gasteiger partial charge on any atom is 0.154 e. The van der Waals surface area contributed by atoms with E-state index in [-0.39, 0.29) is 5.78 Å². The summed E-state index contributed by atoms with van der Waals surface area (Å²) in [5.74, 6) is -0.611. The van der Waals surface area contributed by atoms with Crippen LogP contribution >= 0.6 is 15.9 Å². The van der Waals surface area contributed by atoms with Crippen molar-refractivity contribution in [2.45, 2.75) is 25.7 Å². The molecule has 0 N–H and O–H groups in total. The maximum atomic E-state index is 11.6. The molecule has 0 bridgehead atoms. The Kier molecular flexibility index (Phi) is 4.51. The monoisotopic (exact) mass is 265 g/mol. The molecule has 1 atom stereocenters. The Morgan fingerprint density at radius 1 is 1.47 bits per heavy atom. The van der Waals surface area contributed by atoms with Crippen molar-refractivity contribution in [2.75, 3.05) is 0 Å². The van der Waals surface area contributed by atoms with E-state index in [1.165, 1.54) is 0 Å². The highest BCUT2D eigenvalue weighted by Crippen LogP contribution is 2.20. The molecular weight excluding hydrogens is 254 g/mol. The summed E-state index contributed by atoms with van der Waals surface area (Å²) in [6.07, 6.45) is 1.25. The number of Topliss-reactive ketones (excluding diaryl/α,β-unsaturated/α-hetero) is 1. The lowest BCUT2D eigenvalue weighted by Gasteiger charge is -2.07. The van der Waals surface area contributed by atoms with E-state index in [4.69, 9.17) is 5.26 Å². The summed E-state index contributed by atoms with van der Waals surface area (Å²) in [5.41, 5.74) is 0.777. The van der Waals surface area contributed by atoms with Crippen LogP contribution in [0.2, 0.25) is 0 Å². The Bertz CT molecular complexity index is 378. The van der Waals surface area contributed by atoms with Gasteiger partial charge in [-0.15, -0.1) is 0 Å². The average molecular weight is 266 g/mol. The molecule has 0 saturated heterocycles. The van der Waals surface area contributed by atoms with Crippen molar-refractivity contribution in [1.82, 2.24) is 0 Å². The number of hydrogen-bond acceptors (Lipinski definition) is 2. The third-order valence-corrected chi connectivity index (χ3v) is 2.68. The molecule has 1 aromatic carbocycles. The molecule has 0 saturated carbocycles. The number of halogens is 1. The fourth-order valence-corrected chi connectivity index (χ4v) is 1.64. The second kappa shape index (κ2) is 5.67. The lowest BCUT2D eigenvalue weighted by molar-refractivity contribution is -0.119. The van der Waals surface area contributed by atoms with Gasteiger partial charge >= 0.3 is 0 Å². The number of rotatable bonds is 4. The summed E-state index contributed by atoms with van der Waals surface area (Å²) in [6.45, 7) is 1.94. The number of benzene rings is 1. The van der Waals surface area contributed by atoms with Crippen LogP contribution in [0.25, 0.3) is 0 Å². The first-order valence-electron chi connectivity index (χ1n) is 4.86. The molecule has 15 heavy (non-hydrogen) atoms. The van der Waals surface area contributed by atoms with E-state index < -0.39 is 5.92 Å². The second-order valence-corrected chi connectivity index (χ2v) is 4.25. The van der Waals surface area contributed by atoms with Gasteiger partial charge in [0.15, 0.2) is 5.78 Å². The van der Waals surface area contributed by atoms with Crippen LogP contribution in [0.15, 0.2) is 28.7 Å². The first-order chi connectivity index (χ1) is 7.19. The average Bonchev–Trinajstić information content (AvgIpc) is 2.22. The van der Waals surface area contributed by atoms with Gasteiger partial charge < -0.3 is 0 Å². The lowest BCUT2D eigenvalue weighted by atomic mass is 9.94. The number of hydrogen-bond donors (Lipinski definition) is 0. The minimum Gasteiger partial charge on any atom is -0.298 e. The first-order valence-corrected chi connectivity index (χ1v) is 5.66. The van der Waals surface area contributed by atoms with Gasteiger partial charge in [-0.3, -0.25) is 4.79 Å². The fraction of sp³-hybridized carbons (Fsp3) is 0.333. The van der Waals surface area contributed by atoms with Crippen molar-refractivity contribution in [3.63, 3.8) is 0 Å². The Morgan fingerprint density at radius 3 is 2.53 bits per heavy atom. The van der Waals surface area contributed by atoms with Gasteiger partial charge in [-0.05, 0) is 24.1 Å². The lowest BCUT2D eigenvalue weighted by Crippen LogP contribution is -2.09. The number of nitriles is 1. The Morgan fingerprint density at radius 2 is 2.07 bits per heavy atom. The normalized spacial score (nSPS) is 11.8. The molecule has 1 rings (SSSR count). The Hall–Kier alpha value is -1.14. The number of ketones is 1. The second-order valence-electron chi connectivity index (χ2n) is 3.33. The van der Waals surface area contributed by atoms with Crippen molar-refractivity contribution in [1.29, 1.82) is 5.26 Å². The molecule has 0 aliphatic heterocycles. The van der Waals surface area contributed by atoms with Crippen molar-refractivity contribution >= 4 is 21.7 Å². The van der Waals surface area contributed by atoms with E-state index in [9.17, 15) is 4.79 Å². The quantitative estimate of drug-likeness (QED) is 0.837. The van der Waals surface area contributed by atoms with Gasteiger partial charge in [0.25, 0.3) is 0 Å². The van der Waals surface area contributed by atoms with E-state index in [1.807, 2.05) is 31.2 Å². The van der Waals surface area contributed by atoms with Crippen LogP contribution in [0.3, 0.4) is 0 Å². The molecule has 0 fully saturated rings. The van der Waals surface area contributed by atoms with Gasteiger partial charge in [0.2, 0.25) is 0 Å². The summed E-state index contributed by atoms with van der Waals surface area (Å²) >= 11 is 3.32. The van der Waals surface area contributed by atoms with Gasteiger partial charge in [-0.1, -0.05) is 35.0 Å². The molecule has 1 aromatic rings. The predicted molar refractivity (Wildman–Crippen MR) is 62.4 cm³/mol. The molecule has 0 amide bonds. The van der Waals surface area contributed by atoms with Gasteiger partial charge in [-0.25, -0.2) is 0 Å². The van der Waals surface area contributed by atoms with Crippen LogP contribution in [0, 0.1) is 11.3 Å². The Labute approximate surface area is 98.0 Å². The third-order valence-electron chi connectivity index (χ3n) is 2.15. The summed E-state index contributed by atoms with van der Waals surface area (Å²) in [5, 5.41) is 8.96. The van der Waals surface area contributed by atoms with Crippen LogP contribution in [0.4, 0.5) is 0 Å². The molecule has 0 aliphatic carbocycles. The minimum atomic E-state index is -0.613. The van der Waals surface area contributed by atoms with Crippen LogP contribution in [0.5, 0.6) is 0 Å². The van der Waals surface area contributed by atoms with Crippen molar-refractivity contribution in [3.05, 3.63) is 34.3 Å². The highest BCUT2D eigenvalue weighted by atomic mass is 79.9. The SMILES string of the molecule is CCCC(=O)C(C#N)c1ccc(Br)cc1. The van der Waals surface area contributed by atoms with Crippen LogP contribution < -0.4 is 0 Å². The zero-order valence-corrected chi connectivity index (χ0v) is 10.1. The Balaban J connectivity index is 2.89. The van der Waals surface area contributed by atoms with Crippen molar-refractivity contribution in [2.24, 2.45) is 0 Å². The third kappa shape index (κ3) is 3.17. The zero-order valence-electron chi connectivity index (χ0n) is 8.53. The number of carbonyl (C=O) groups excluding carboxylic acids is 1. The molecule has 3 heteroatoms. The number of carbonyl (C=O) groups is 1. The van der Waals surface area contributed by atoms with E-state index in [0.717, 1.165) is 16.5 Å². The molecule has 78 valence electrons. The molecule has 0 aliphatic rings. The smallest absolute Gasteiger partial charge is 0.154 e. The van der Waals surface area contributed by atoms with Crippen molar-refractivity contribution < 1.29 is 4.79 Å². The molecule has 1 unspecified atom stereocenters. The maximum absolute atomic E-state index is 11.6. The van der Waals surface area contributed by atoms with Crippen LogP contribution in [0.1, 0.15) is 31.2 Å². The highest BCUT2D eigenvalue weighted by Gasteiger charge is 2.18. The summed E-state index contributed by atoms with van der Waals surface area (Å²) < 4.78 is 0.950. The first kappa shape index (κ1) is 11.9. The largest absolute Gasteiger partial charge is 0.298 e. The van der Waals surface area contributed by atoms with Crippen LogP contribution in [-0.4, -0.2) is 5.78 Å². The van der Waals surface area contributed by atoms with Gasteiger partial charge in [-0.2, -0.15) is 5.26 Å². The summed E-state index contributed by atoms with van der Waals surface area (Å²) in [7, 11) is 0. The molecule has 0 heterocycles. The zero-order chi connectivity index (χ0) is 11.3. The summed E-state index contributed by atoms with van der Waals surface area (Å²) in [6, 6.07) is 9.37. The van der Waals surface area contributed by atoms with E-state index >= 15 is 0 Å². The molecule has 0 radical (unpaired) electrons. The number of nitrogens with zero attached hydrogens (tertiary/aromatic N) is 1. The van der Waals surface area contributed by atoms with Crippen LogP contribution in [-0.2, 0) is 4.79 Å². The van der Waals surface area contributed by atoms with Gasteiger partial charge in [0.1, 0.15) is 5.92 Å². The van der Waals surface area contributed by atoms with Crippen molar-refractivity contribution in [3.8, 4) is 6.07 Å². The molecule has 2 nitrogen and oxygen atoms in total. The van der Waals surface area contributed by atoms with E-state index in [1.54, 1.807) is 0 Å². The van der Waals surface area contributed by atoms with Gasteiger partial charge in [0, 0.05) is 10.9 Å². The molecule has 0 spiro atoms. The predicted octanol–water partition coefficient (Wildman–Crippen LogP) is 3.43. The summed E-state index contributed by atoms with van der Waals surface area (Å²) in [4.78, 5) is 11.6. The van der Waals surface area contributed by atoms with Gasteiger partial charge in [0.05, 0.1) is 6.07 Å². The molecular formula is C12H12BrNO. The standard InChI is InChI=1S/C12H12BrNO/c1-2-3-12(15)11(8-14)9-4-6-10(13)7-5-9/h4-7,11H,2-3H2,1H3. The topological polar surface area (TPSA) is 40.9 Å². The molecule has 0 aromatic heterocycles. The highest BCUT2D eigenvalue weighted by molar-refractivity contribution is 9.10.